The zero-order valence-electron chi connectivity index (χ0n) is 9.88. The third-order valence-corrected chi connectivity index (χ3v) is 3.71. The van der Waals surface area contributed by atoms with Gasteiger partial charge in [0, 0.05) is 4.88 Å². The second-order valence-electron chi connectivity index (χ2n) is 3.99. The van der Waals surface area contributed by atoms with E-state index >= 15 is 0 Å². The number of rotatable bonds is 2. The monoisotopic (exact) mass is 262 g/mol. The van der Waals surface area contributed by atoms with Gasteiger partial charge in [0.05, 0.1) is 23.4 Å². The average Bonchev–Trinajstić information content (AvgIpc) is 2.91. The van der Waals surface area contributed by atoms with E-state index in [0.29, 0.717) is 17.6 Å². The minimum absolute atomic E-state index is 0.133. The summed E-state index contributed by atoms with van der Waals surface area (Å²) < 4.78 is 6.51. The molecule has 3 aromatic heterocycles. The van der Waals surface area contributed by atoms with Gasteiger partial charge in [-0.15, -0.1) is 11.3 Å². The summed E-state index contributed by atoms with van der Waals surface area (Å²) >= 11 is 1.53. The summed E-state index contributed by atoms with van der Waals surface area (Å²) in [5, 5.41) is 4.20. The lowest BCUT2D eigenvalue weighted by molar-refractivity contribution is 0.442. The second kappa shape index (κ2) is 4.02. The van der Waals surface area contributed by atoms with Crippen LogP contribution in [0.4, 0.5) is 0 Å². The van der Waals surface area contributed by atoms with E-state index in [9.17, 15) is 4.79 Å². The Bertz CT molecular complexity index is 771. The lowest BCUT2D eigenvalue weighted by atomic mass is 10.3. The van der Waals surface area contributed by atoms with Crippen LogP contribution in [0.1, 0.15) is 16.3 Å². The Morgan fingerprint density at radius 3 is 2.89 bits per heavy atom. The molecule has 0 fully saturated rings. The van der Waals surface area contributed by atoms with E-state index in [1.54, 1.807) is 17.0 Å². The first-order valence-electron chi connectivity index (χ1n) is 5.37. The van der Waals surface area contributed by atoms with E-state index in [4.69, 9.17) is 4.52 Å². The molecule has 0 aliphatic rings. The molecule has 3 heterocycles. The summed E-state index contributed by atoms with van der Waals surface area (Å²) in [6.45, 7) is 4.13. The Balaban J connectivity index is 2.13. The van der Waals surface area contributed by atoms with Crippen LogP contribution >= 0.6 is 11.3 Å². The van der Waals surface area contributed by atoms with E-state index in [0.717, 1.165) is 10.6 Å². The van der Waals surface area contributed by atoms with Gasteiger partial charge in [0.15, 0.2) is 0 Å². The van der Waals surface area contributed by atoms with Crippen LogP contribution in [0.15, 0.2) is 21.2 Å². The van der Waals surface area contributed by atoms with E-state index in [-0.39, 0.29) is 11.3 Å². The summed E-state index contributed by atoms with van der Waals surface area (Å²) in [5.74, 6) is 0. The maximum Gasteiger partial charge on any atom is 0.266 e. The van der Waals surface area contributed by atoms with Gasteiger partial charge in [0.2, 0.25) is 0 Å². The third kappa shape index (κ3) is 1.63. The molecule has 0 atom stereocenters. The molecule has 0 saturated carbocycles. The summed E-state index contributed by atoms with van der Waals surface area (Å²) in [7, 11) is 0. The molecule has 92 valence electrons. The Kier molecular flexibility index (Phi) is 2.48. The molecule has 0 amide bonds. The minimum Gasteiger partial charge on any atom is -0.335 e. The van der Waals surface area contributed by atoms with E-state index in [1.165, 1.54) is 17.7 Å². The molecule has 6 nitrogen and oxygen atoms in total. The maximum atomic E-state index is 12.3. The zero-order valence-corrected chi connectivity index (χ0v) is 10.7. The molecule has 0 bridgehead atoms. The van der Waals surface area contributed by atoms with Crippen molar-refractivity contribution in [1.82, 2.24) is 19.7 Å². The molecule has 0 unspecified atom stereocenters. The van der Waals surface area contributed by atoms with Crippen molar-refractivity contribution in [3.8, 4) is 0 Å². The molecule has 0 spiro atoms. The number of fused-ring (bicyclic) bond motifs is 1. The van der Waals surface area contributed by atoms with Crippen molar-refractivity contribution < 1.29 is 4.52 Å². The first kappa shape index (κ1) is 11.1. The van der Waals surface area contributed by atoms with Crippen LogP contribution in [0, 0.1) is 13.8 Å². The van der Waals surface area contributed by atoms with Gasteiger partial charge < -0.3 is 4.52 Å². The quantitative estimate of drug-likeness (QED) is 0.699. The van der Waals surface area contributed by atoms with Gasteiger partial charge in [-0.1, -0.05) is 5.16 Å². The van der Waals surface area contributed by atoms with Gasteiger partial charge in [-0.05, 0) is 13.8 Å². The highest BCUT2D eigenvalue weighted by molar-refractivity contribution is 7.09. The summed E-state index contributed by atoms with van der Waals surface area (Å²) in [4.78, 5) is 21.6. The summed E-state index contributed by atoms with van der Waals surface area (Å²) in [6, 6.07) is 0. The molecule has 3 aromatic rings. The molecular weight excluding hydrogens is 252 g/mol. The van der Waals surface area contributed by atoms with Crippen molar-refractivity contribution >= 4 is 22.4 Å². The third-order valence-electron chi connectivity index (χ3n) is 2.79. The molecule has 0 radical (unpaired) electrons. The molecule has 0 N–H and O–H groups in total. The van der Waals surface area contributed by atoms with Crippen LogP contribution in [-0.4, -0.2) is 19.7 Å². The van der Waals surface area contributed by atoms with Crippen molar-refractivity contribution in [2.75, 3.05) is 0 Å². The van der Waals surface area contributed by atoms with Gasteiger partial charge in [-0.3, -0.25) is 9.36 Å². The fraction of sp³-hybridized carbons (Fsp3) is 0.273. The van der Waals surface area contributed by atoms with Crippen molar-refractivity contribution in [3.05, 3.63) is 38.5 Å². The first-order chi connectivity index (χ1) is 8.66. The normalized spacial score (nSPS) is 11.2. The molecule has 18 heavy (non-hydrogen) atoms. The predicted octanol–water partition coefficient (Wildman–Crippen LogP) is 1.51. The van der Waals surface area contributed by atoms with Crippen molar-refractivity contribution in [2.45, 2.75) is 20.4 Å². The Hall–Kier alpha value is -2.02. The predicted molar refractivity (Wildman–Crippen MR) is 66.8 cm³/mol. The standard InChI is InChI=1S/C11H10N4O2S/c1-6-8(18-5-13-6)3-15-4-12-10-9(11(15)16)7(2)14-17-10/h4-5H,3H2,1-2H3. The number of thiazole rings is 1. The fourth-order valence-corrected chi connectivity index (χ4v) is 2.53. The zero-order chi connectivity index (χ0) is 12.7. The van der Waals surface area contributed by atoms with Crippen LogP contribution in [-0.2, 0) is 6.54 Å². The lowest BCUT2D eigenvalue weighted by Gasteiger charge is -2.03. The molecular formula is C11H10N4O2S. The molecule has 0 aliphatic carbocycles. The van der Waals surface area contributed by atoms with Crippen LogP contribution in [0.2, 0.25) is 0 Å². The fourth-order valence-electron chi connectivity index (χ4n) is 1.76. The van der Waals surface area contributed by atoms with Gasteiger partial charge in [-0.2, -0.15) is 0 Å². The van der Waals surface area contributed by atoms with Crippen molar-refractivity contribution in [3.63, 3.8) is 0 Å². The van der Waals surface area contributed by atoms with Crippen molar-refractivity contribution in [1.29, 1.82) is 0 Å². The molecule has 3 rings (SSSR count). The Morgan fingerprint density at radius 1 is 1.33 bits per heavy atom. The highest BCUT2D eigenvalue weighted by Crippen LogP contribution is 2.14. The van der Waals surface area contributed by atoms with Gasteiger partial charge >= 0.3 is 0 Å². The first-order valence-corrected chi connectivity index (χ1v) is 6.25. The van der Waals surface area contributed by atoms with E-state index < -0.39 is 0 Å². The van der Waals surface area contributed by atoms with Crippen LogP contribution < -0.4 is 5.56 Å². The largest absolute Gasteiger partial charge is 0.335 e. The lowest BCUT2D eigenvalue weighted by Crippen LogP contribution is -2.21. The second-order valence-corrected chi connectivity index (χ2v) is 4.93. The number of aryl methyl sites for hydroxylation is 2. The van der Waals surface area contributed by atoms with Crippen LogP contribution in [0.25, 0.3) is 11.1 Å². The smallest absolute Gasteiger partial charge is 0.266 e. The number of aromatic nitrogens is 4. The van der Waals surface area contributed by atoms with Gasteiger partial charge in [-0.25, -0.2) is 9.97 Å². The Morgan fingerprint density at radius 2 is 2.17 bits per heavy atom. The highest BCUT2D eigenvalue weighted by atomic mass is 32.1. The van der Waals surface area contributed by atoms with Crippen LogP contribution in [0.3, 0.4) is 0 Å². The SMILES string of the molecule is Cc1ncsc1Cn1cnc2onc(C)c2c1=O. The van der Waals surface area contributed by atoms with Crippen molar-refractivity contribution in [2.24, 2.45) is 0 Å². The van der Waals surface area contributed by atoms with Gasteiger partial charge in [0.1, 0.15) is 11.7 Å². The molecule has 0 aliphatic heterocycles. The topological polar surface area (TPSA) is 73.8 Å². The molecule has 0 aromatic carbocycles. The average molecular weight is 262 g/mol. The Labute approximate surface area is 106 Å². The van der Waals surface area contributed by atoms with E-state index in [1.807, 2.05) is 6.92 Å². The highest BCUT2D eigenvalue weighted by Gasteiger charge is 2.13. The molecule has 0 saturated heterocycles. The number of hydrogen-bond donors (Lipinski definition) is 0. The number of nitrogens with zero attached hydrogens (tertiary/aromatic N) is 4. The minimum atomic E-state index is -0.133. The number of hydrogen-bond acceptors (Lipinski definition) is 6. The molecule has 7 heteroatoms. The maximum absolute atomic E-state index is 12.3. The van der Waals surface area contributed by atoms with E-state index in [2.05, 4.69) is 15.1 Å². The van der Waals surface area contributed by atoms with Crippen LogP contribution in [0.5, 0.6) is 0 Å². The summed E-state index contributed by atoms with van der Waals surface area (Å²) in [5.41, 5.74) is 3.43. The summed E-state index contributed by atoms with van der Waals surface area (Å²) in [6.07, 6.45) is 1.48. The van der Waals surface area contributed by atoms with Gasteiger partial charge in [0.25, 0.3) is 11.3 Å².